The van der Waals surface area contributed by atoms with Gasteiger partial charge in [0.15, 0.2) is 9.84 Å². The van der Waals surface area contributed by atoms with E-state index in [0.29, 0.717) is 30.2 Å². The van der Waals surface area contributed by atoms with Crippen LogP contribution in [0.25, 0.3) is 0 Å². The molecule has 44 heavy (non-hydrogen) atoms. The highest BCUT2D eigenvalue weighted by atomic mass is 35.5. The van der Waals surface area contributed by atoms with Crippen LogP contribution < -0.4 is 15.8 Å². The van der Waals surface area contributed by atoms with E-state index >= 15 is 0 Å². The van der Waals surface area contributed by atoms with E-state index in [9.17, 15) is 36.0 Å². The molecule has 0 aromatic heterocycles. The first-order chi connectivity index (χ1) is 20.6. The Kier molecular flexibility index (Phi) is 10.3. The molecule has 2 amide bonds. The van der Waals surface area contributed by atoms with E-state index < -0.39 is 57.4 Å². The minimum absolute atomic E-state index is 0.0246. The molecule has 0 unspecified atom stereocenters. The Morgan fingerprint density at radius 2 is 1.80 bits per heavy atom. The number of likely N-dealkylation sites (tertiary alicyclic amines) is 1. The van der Waals surface area contributed by atoms with E-state index in [2.05, 4.69) is 23.9 Å². The number of primary amides is 1. The van der Waals surface area contributed by atoms with Crippen molar-refractivity contribution < 1.29 is 40.7 Å². The Bertz CT molecular complexity index is 1500. The molecule has 1 heterocycles. The number of nitrogens with one attached hydrogen (secondary N) is 1. The SMILES string of the molecule is CC(C)CN[C@@H]1CC[C@H](N2CC[C@@H](c3c(OC(=O)C(F)(F)F)cccc3C(N)=O)C2=O)[C@H](CS(=O)(=O)c2ccc(Cl)cc2)C1. The number of benzene rings is 2. The zero-order valence-electron chi connectivity index (χ0n) is 24.3. The number of sulfone groups is 1. The first-order valence-corrected chi connectivity index (χ1v) is 16.4. The van der Waals surface area contributed by atoms with Gasteiger partial charge in [0.1, 0.15) is 5.75 Å². The Hall–Kier alpha value is -3.16. The number of alkyl halides is 3. The van der Waals surface area contributed by atoms with E-state index in [0.717, 1.165) is 12.6 Å². The van der Waals surface area contributed by atoms with Crippen molar-refractivity contribution >= 4 is 39.2 Å². The topological polar surface area (TPSA) is 136 Å². The van der Waals surface area contributed by atoms with Crippen molar-refractivity contribution in [2.75, 3.05) is 18.8 Å². The number of esters is 1. The third-order valence-electron chi connectivity index (χ3n) is 8.12. The Morgan fingerprint density at radius 3 is 2.41 bits per heavy atom. The highest BCUT2D eigenvalue weighted by Crippen LogP contribution is 2.41. The second-order valence-electron chi connectivity index (χ2n) is 11.7. The summed E-state index contributed by atoms with van der Waals surface area (Å²) in [4.78, 5) is 39.6. The lowest BCUT2D eigenvalue weighted by atomic mass is 9.81. The van der Waals surface area contributed by atoms with Crippen molar-refractivity contribution in [2.24, 2.45) is 17.6 Å². The molecule has 3 N–H and O–H groups in total. The smallest absolute Gasteiger partial charge is 0.420 e. The van der Waals surface area contributed by atoms with Crippen LogP contribution in [-0.4, -0.2) is 68.2 Å². The fourth-order valence-corrected chi connectivity index (χ4v) is 7.90. The van der Waals surface area contributed by atoms with Crippen LogP contribution in [0.1, 0.15) is 61.4 Å². The molecular formula is C30H35ClF3N3O6S. The van der Waals surface area contributed by atoms with E-state index in [-0.39, 0.29) is 40.8 Å². The molecule has 2 aromatic carbocycles. The van der Waals surface area contributed by atoms with E-state index in [1.54, 1.807) is 4.90 Å². The van der Waals surface area contributed by atoms with Crippen LogP contribution in [0.15, 0.2) is 47.4 Å². The number of carbonyl (C=O) groups is 3. The highest BCUT2D eigenvalue weighted by Gasteiger charge is 2.46. The minimum atomic E-state index is -5.31. The summed E-state index contributed by atoms with van der Waals surface area (Å²) in [6.07, 6.45) is -3.57. The molecule has 1 aliphatic heterocycles. The van der Waals surface area contributed by atoms with Crippen molar-refractivity contribution in [1.82, 2.24) is 10.2 Å². The average molecular weight is 658 g/mol. The lowest BCUT2D eigenvalue weighted by Crippen LogP contribution is -2.51. The van der Waals surface area contributed by atoms with Crippen molar-refractivity contribution in [1.29, 1.82) is 0 Å². The van der Waals surface area contributed by atoms with Crippen molar-refractivity contribution in [2.45, 2.75) is 68.6 Å². The summed E-state index contributed by atoms with van der Waals surface area (Å²) in [7, 11) is -3.78. The molecule has 1 saturated heterocycles. The molecule has 1 saturated carbocycles. The van der Waals surface area contributed by atoms with Gasteiger partial charge in [-0.15, -0.1) is 0 Å². The molecule has 0 bridgehead atoms. The molecule has 0 radical (unpaired) electrons. The van der Waals surface area contributed by atoms with Gasteiger partial charge in [0.05, 0.1) is 16.6 Å². The number of nitrogens with zero attached hydrogens (tertiary/aromatic N) is 1. The van der Waals surface area contributed by atoms with Crippen LogP contribution in [0.4, 0.5) is 13.2 Å². The Labute approximate surface area is 259 Å². The van der Waals surface area contributed by atoms with Gasteiger partial charge in [-0.05, 0) is 80.5 Å². The van der Waals surface area contributed by atoms with Gasteiger partial charge < -0.3 is 20.7 Å². The van der Waals surface area contributed by atoms with Gasteiger partial charge in [-0.1, -0.05) is 31.5 Å². The van der Waals surface area contributed by atoms with Crippen LogP contribution in [0.5, 0.6) is 5.75 Å². The third-order valence-corrected chi connectivity index (χ3v) is 10.2. The van der Waals surface area contributed by atoms with E-state index in [1.165, 1.54) is 36.4 Å². The maximum absolute atomic E-state index is 14.0. The van der Waals surface area contributed by atoms with Crippen LogP contribution in [0.2, 0.25) is 5.02 Å². The summed E-state index contributed by atoms with van der Waals surface area (Å²) >= 11 is 5.95. The molecule has 2 fully saturated rings. The van der Waals surface area contributed by atoms with Gasteiger partial charge in [-0.3, -0.25) is 9.59 Å². The zero-order chi connectivity index (χ0) is 32.4. The number of halogens is 4. The molecule has 1 aliphatic carbocycles. The molecule has 2 aliphatic rings. The third kappa shape index (κ3) is 7.73. The first-order valence-electron chi connectivity index (χ1n) is 14.3. The van der Waals surface area contributed by atoms with Crippen molar-refractivity contribution in [3.05, 3.63) is 58.6 Å². The van der Waals surface area contributed by atoms with Crippen molar-refractivity contribution in [3.8, 4) is 5.75 Å². The number of hydrogen-bond donors (Lipinski definition) is 2. The maximum atomic E-state index is 14.0. The van der Waals surface area contributed by atoms with Crippen LogP contribution >= 0.6 is 11.6 Å². The average Bonchev–Trinajstić information content (AvgIpc) is 3.31. The second kappa shape index (κ2) is 13.5. The number of rotatable bonds is 10. The predicted molar refractivity (Wildman–Crippen MR) is 157 cm³/mol. The van der Waals surface area contributed by atoms with Crippen LogP contribution in [0, 0.1) is 11.8 Å². The van der Waals surface area contributed by atoms with E-state index in [4.69, 9.17) is 17.3 Å². The number of amides is 2. The van der Waals surface area contributed by atoms with Gasteiger partial charge in [0.2, 0.25) is 11.8 Å². The monoisotopic (exact) mass is 657 g/mol. The summed E-state index contributed by atoms with van der Waals surface area (Å²) in [5.41, 5.74) is 5.08. The number of hydrogen-bond acceptors (Lipinski definition) is 7. The van der Waals surface area contributed by atoms with Gasteiger partial charge in [-0.25, -0.2) is 13.2 Å². The largest absolute Gasteiger partial charge is 0.491 e. The van der Waals surface area contributed by atoms with Crippen LogP contribution in [0.3, 0.4) is 0 Å². The first kappa shape index (κ1) is 33.7. The lowest BCUT2D eigenvalue weighted by Gasteiger charge is -2.41. The summed E-state index contributed by atoms with van der Waals surface area (Å²) in [6, 6.07) is 8.94. The van der Waals surface area contributed by atoms with Crippen LogP contribution in [-0.2, 0) is 19.4 Å². The molecular weight excluding hydrogens is 623 g/mol. The summed E-state index contributed by atoms with van der Waals surface area (Å²) in [5, 5.41) is 3.88. The normalized spacial score (nSPS) is 22.8. The molecule has 14 heteroatoms. The minimum Gasteiger partial charge on any atom is -0.420 e. The van der Waals surface area contributed by atoms with Gasteiger partial charge in [0, 0.05) is 34.8 Å². The molecule has 4 rings (SSSR count). The summed E-state index contributed by atoms with van der Waals surface area (Å²) in [6.45, 7) is 5.03. The fourth-order valence-electron chi connectivity index (χ4n) is 6.11. The molecule has 240 valence electrons. The Morgan fingerprint density at radius 1 is 1.11 bits per heavy atom. The number of carbonyl (C=O) groups excluding carboxylic acids is 3. The van der Waals surface area contributed by atoms with Crippen molar-refractivity contribution in [3.63, 3.8) is 0 Å². The molecule has 9 nitrogen and oxygen atoms in total. The fraction of sp³-hybridized carbons (Fsp3) is 0.500. The lowest BCUT2D eigenvalue weighted by molar-refractivity contribution is -0.189. The van der Waals surface area contributed by atoms with E-state index in [1.807, 2.05) is 0 Å². The Balaban J connectivity index is 1.65. The maximum Gasteiger partial charge on any atom is 0.491 e. The molecule has 0 spiro atoms. The molecule has 2 aromatic rings. The number of ether oxygens (including phenoxy) is 1. The standard InChI is InChI=1S/C30H35ClF3N3O6S/c1-17(2)15-36-20-8-11-24(18(14-20)16-44(41,42)21-9-6-19(31)7-10-21)37-13-12-23(28(37)39)26-22(27(35)38)4-3-5-25(26)43-29(40)30(32,33)34/h3-7,9-10,17-18,20,23-24,36H,8,11-16H2,1-2H3,(H2,35,38)/t18-,20+,23-,24-/m0/s1. The summed E-state index contributed by atoms with van der Waals surface area (Å²) in [5.74, 6) is -6.04. The number of nitrogens with two attached hydrogens (primary N) is 1. The van der Waals surface area contributed by atoms with Gasteiger partial charge in [-0.2, -0.15) is 13.2 Å². The van der Waals surface area contributed by atoms with Gasteiger partial charge in [0.25, 0.3) is 0 Å². The quantitative estimate of drug-likeness (QED) is 0.284. The predicted octanol–water partition coefficient (Wildman–Crippen LogP) is 4.48. The zero-order valence-corrected chi connectivity index (χ0v) is 25.8. The van der Waals surface area contributed by atoms with Gasteiger partial charge >= 0.3 is 12.1 Å². The second-order valence-corrected chi connectivity index (χ2v) is 14.2. The highest BCUT2D eigenvalue weighted by molar-refractivity contribution is 7.91. The summed E-state index contributed by atoms with van der Waals surface area (Å²) < 4.78 is 70.7. The molecule has 4 atom stereocenters.